The summed E-state index contributed by atoms with van der Waals surface area (Å²) in [5.74, 6) is 3.27. The number of ether oxygens (including phenoxy) is 6. The molecule has 0 saturated carbocycles. The molecule has 5 heterocycles. The molecule has 8 rings (SSSR count). The second-order valence-corrected chi connectivity index (χ2v) is 22.9. The van der Waals surface area contributed by atoms with Crippen molar-refractivity contribution in [3.63, 3.8) is 0 Å². The summed E-state index contributed by atoms with van der Waals surface area (Å²) >= 11 is 6.49. The topological polar surface area (TPSA) is 303 Å². The van der Waals surface area contributed by atoms with Gasteiger partial charge in [0.15, 0.2) is 12.6 Å². The number of benzene rings is 3. The number of nitrogen functional groups attached to an aromatic ring is 4. The van der Waals surface area contributed by atoms with Gasteiger partial charge in [0.2, 0.25) is 0 Å². The van der Waals surface area contributed by atoms with Crippen LogP contribution in [0.5, 0.6) is 34.5 Å². The molecule has 3 aromatic carbocycles. The lowest BCUT2D eigenvalue weighted by Gasteiger charge is -2.32. The fourth-order valence-corrected chi connectivity index (χ4v) is 9.19. The second kappa shape index (κ2) is 33.2. The van der Waals surface area contributed by atoms with E-state index in [0.717, 1.165) is 53.7 Å². The minimum Gasteiger partial charge on any atom is -0.496 e. The number of nitrogens with zero attached hydrogens (tertiary/aromatic N) is 5. The number of aromatic nitrogens is 4. The van der Waals surface area contributed by atoms with Gasteiger partial charge >= 0.3 is 7.12 Å². The van der Waals surface area contributed by atoms with Crippen LogP contribution in [0.1, 0.15) is 74.2 Å². The molecule has 4 aromatic heterocycles. The van der Waals surface area contributed by atoms with Crippen molar-refractivity contribution in [2.75, 3.05) is 79.7 Å². The number of hydrogen-bond acceptors (Lipinski definition) is 19. The zero-order valence-electron chi connectivity index (χ0n) is 53.2. The predicted octanol–water partition coefficient (Wildman–Crippen LogP) is 7.87. The number of pyridine rings is 4. The zero-order chi connectivity index (χ0) is 66.7. The molecule has 0 atom stereocenters. The number of carbonyl (C=O) groups excluding carboxylic acids is 2. The minimum absolute atomic E-state index is 0.146. The van der Waals surface area contributed by atoms with Crippen molar-refractivity contribution in [1.82, 2.24) is 23.2 Å². The molecule has 0 amide bonds. The van der Waals surface area contributed by atoms with Crippen molar-refractivity contribution in [2.45, 2.75) is 65.7 Å². The first-order chi connectivity index (χ1) is 41.3. The second-order valence-electron chi connectivity index (χ2n) is 21.0. The Hall–Kier alpha value is -8.30. The van der Waals surface area contributed by atoms with Crippen LogP contribution in [-0.2, 0) is 44.0 Å². The molecule has 0 aliphatic carbocycles. The van der Waals surface area contributed by atoms with Crippen LogP contribution in [0.3, 0.4) is 0 Å². The molecule has 0 spiro atoms. The molecule has 7 aromatic rings. The molecule has 1 aliphatic rings. The lowest BCUT2D eigenvalue weighted by atomic mass is 9.80. The average Bonchev–Trinajstić information content (AvgIpc) is 1.58. The van der Waals surface area contributed by atoms with E-state index < -0.39 is 18.3 Å². The summed E-state index contributed by atoms with van der Waals surface area (Å²) in [7, 11) is 19.3. The van der Waals surface area contributed by atoms with Gasteiger partial charge in [0.1, 0.15) is 34.5 Å². The highest BCUT2D eigenvalue weighted by Gasteiger charge is 2.52. The van der Waals surface area contributed by atoms with Gasteiger partial charge in [-0.2, -0.15) is 0 Å². The van der Waals surface area contributed by atoms with Crippen molar-refractivity contribution in [1.29, 1.82) is 0 Å². The molecular formula is C62H82BBr2N9O14. The van der Waals surface area contributed by atoms with E-state index in [1.807, 2.05) is 58.8 Å². The number of methoxy groups -OCH3 is 6. The minimum atomic E-state index is -0.496. The number of aldehydes is 2. The molecule has 1 fully saturated rings. The largest absolute Gasteiger partial charge is 0.496 e. The van der Waals surface area contributed by atoms with Gasteiger partial charge in [-0.25, -0.2) is 0 Å². The van der Waals surface area contributed by atoms with E-state index in [0.29, 0.717) is 53.2 Å². The number of aryl methyl sites for hydroxylation is 4. The first kappa shape index (κ1) is 74.0. The van der Waals surface area contributed by atoms with Gasteiger partial charge in [-0.05, 0) is 130 Å². The highest BCUT2D eigenvalue weighted by molar-refractivity contribution is 9.10. The fourth-order valence-electron chi connectivity index (χ4n) is 8.23. The Morgan fingerprint density at radius 2 is 0.784 bits per heavy atom. The van der Waals surface area contributed by atoms with Crippen LogP contribution in [-0.4, -0.2) is 111 Å². The maximum absolute atomic E-state index is 11.8. The van der Waals surface area contributed by atoms with E-state index in [1.165, 1.54) is 53.1 Å². The molecule has 26 heteroatoms. The highest BCUT2D eigenvalue weighted by atomic mass is 79.9. The van der Waals surface area contributed by atoms with E-state index in [-0.39, 0.29) is 45.0 Å². The fraction of sp³-hybridized carbons (Fsp3) is 0.355. The van der Waals surface area contributed by atoms with E-state index in [9.17, 15) is 28.8 Å². The lowest BCUT2D eigenvalue weighted by Crippen LogP contribution is -2.41. The average molecular weight is 1350 g/mol. The van der Waals surface area contributed by atoms with Crippen molar-refractivity contribution in [3.8, 4) is 56.8 Å². The van der Waals surface area contributed by atoms with Crippen LogP contribution < -0.4 is 79.1 Å². The summed E-state index contributed by atoms with van der Waals surface area (Å²) in [4.78, 5) is 69.8. The van der Waals surface area contributed by atoms with E-state index in [2.05, 4.69) is 45.7 Å². The van der Waals surface area contributed by atoms with Crippen LogP contribution in [0.25, 0.3) is 22.3 Å². The summed E-state index contributed by atoms with van der Waals surface area (Å²) in [5, 5.41) is 0. The molecule has 23 nitrogen and oxygen atoms in total. The number of rotatable bonds is 13. The summed E-state index contributed by atoms with van der Waals surface area (Å²) in [6.45, 7) is 12.9. The predicted molar refractivity (Wildman–Crippen MR) is 356 cm³/mol. The van der Waals surface area contributed by atoms with Gasteiger partial charge in [0.25, 0.3) is 22.2 Å². The van der Waals surface area contributed by atoms with Gasteiger partial charge in [0, 0.05) is 85.1 Å². The maximum Gasteiger partial charge on any atom is 0.496 e. The number of carbonyl (C=O) groups is 2. The molecule has 88 heavy (non-hydrogen) atoms. The van der Waals surface area contributed by atoms with Crippen LogP contribution in [0.2, 0.25) is 0 Å². The molecule has 0 unspecified atom stereocenters. The SMILES string of the molecule is CCC.COc1cc(-c2cc(N)c(=O)n(C)c2)cc(OC)c1C=O.COc1cc(-c2cc(N)c(=O)n(C)c2)cc(OC)c1CN(C)C.COc1cc(Br)cc(OC)c1C=O.Cn1cc(B2OC(C)(C)C(C)(C)O2)cc(N)c1=O.Cn1cc(Br)cc(N)c1=O. The van der Waals surface area contributed by atoms with Gasteiger partial charge < -0.3 is 83.8 Å². The number of nitrogens with two attached hydrogens (primary N) is 4. The van der Waals surface area contributed by atoms with Crippen molar-refractivity contribution in [3.05, 3.63) is 153 Å². The quantitative estimate of drug-likeness (QED) is 0.0630. The number of anilines is 4. The standard InChI is InChI=1S/C17H23N3O3.C15H16N2O4.C12H19BN2O3.C9H9BrO3.C6H7BrN2O.C3H8/c1-19(2)10-13-15(22-4)7-11(8-16(13)23-5)12-6-14(18)17(21)20(3)9-12;1-17-7-10(4-12(16)15(17)19)9-5-13(20-2)11(8-18)14(6-9)21-3;1-11(2)12(3,4)18-13(17-11)8-6-9(14)10(16)15(5)7-8;1-12-8-3-6(10)4-9(13-2)7(8)5-11;1-9-3-4(7)2-5(8)6(9)10;1-3-2/h6-9H,10,18H2,1-5H3;4-8H,16H2,1-3H3;6-7H,14H2,1-5H3;3-5H,1-2H3;2-3H,8H2,1H3;3H2,1-2H3. The molecule has 0 bridgehead atoms. The molecule has 1 saturated heterocycles. The zero-order valence-corrected chi connectivity index (χ0v) is 56.4. The Bertz CT molecular complexity index is 3610. The Morgan fingerprint density at radius 3 is 1.09 bits per heavy atom. The van der Waals surface area contributed by atoms with E-state index >= 15 is 0 Å². The molecule has 0 radical (unpaired) electrons. The summed E-state index contributed by atoms with van der Waals surface area (Å²) < 4.78 is 50.7. The van der Waals surface area contributed by atoms with Crippen LogP contribution in [0.15, 0.2) is 114 Å². The van der Waals surface area contributed by atoms with Crippen LogP contribution in [0, 0.1) is 0 Å². The van der Waals surface area contributed by atoms with Gasteiger partial charge in [-0.15, -0.1) is 0 Å². The lowest BCUT2D eigenvalue weighted by molar-refractivity contribution is 0.00578. The summed E-state index contributed by atoms with van der Waals surface area (Å²) in [6, 6.07) is 17.1. The Kier molecular flexibility index (Phi) is 27.9. The molecule has 8 N–H and O–H groups in total. The Labute approximate surface area is 530 Å². The first-order valence-electron chi connectivity index (χ1n) is 27.1. The van der Waals surface area contributed by atoms with Gasteiger partial charge in [-0.3, -0.25) is 28.8 Å². The van der Waals surface area contributed by atoms with Crippen molar-refractivity contribution >= 4 is 79.8 Å². The smallest absolute Gasteiger partial charge is 0.496 e. The molecule has 476 valence electrons. The van der Waals surface area contributed by atoms with Crippen LogP contribution >= 0.6 is 31.9 Å². The summed E-state index contributed by atoms with van der Waals surface area (Å²) in [5.41, 5.74) is 27.4. The highest BCUT2D eigenvalue weighted by Crippen LogP contribution is 2.38. The first-order valence-corrected chi connectivity index (χ1v) is 28.7. The van der Waals surface area contributed by atoms with Crippen molar-refractivity contribution < 1.29 is 47.3 Å². The Morgan fingerprint density at radius 1 is 0.477 bits per heavy atom. The van der Waals surface area contributed by atoms with E-state index in [4.69, 9.17) is 60.7 Å². The summed E-state index contributed by atoms with van der Waals surface area (Å²) in [6.07, 6.45) is 9.41. The van der Waals surface area contributed by atoms with Crippen molar-refractivity contribution in [2.24, 2.45) is 28.2 Å². The third-order valence-electron chi connectivity index (χ3n) is 13.4. The third kappa shape index (κ3) is 19.1. The number of halogens is 2. The Balaban J connectivity index is 0.000000291. The van der Waals surface area contributed by atoms with Gasteiger partial charge in [0.05, 0.1) is 93.3 Å². The maximum atomic E-state index is 11.8. The van der Waals surface area contributed by atoms with Crippen LogP contribution in [0.4, 0.5) is 22.7 Å². The molecular weight excluding hydrogens is 1270 g/mol. The van der Waals surface area contributed by atoms with Gasteiger partial charge in [-0.1, -0.05) is 36.2 Å². The monoisotopic (exact) mass is 1350 g/mol. The third-order valence-corrected chi connectivity index (χ3v) is 14.3. The number of hydrogen-bond donors (Lipinski definition) is 4. The molecule has 1 aliphatic heterocycles. The van der Waals surface area contributed by atoms with E-state index in [1.54, 1.807) is 116 Å². The normalized spacial score (nSPS) is 12.4.